The molecule has 0 aromatic carbocycles. The molecule has 0 spiro atoms. The lowest BCUT2D eigenvalue weighted by Crippen LogP contribution is -2.48. The van der Waals surface area contributed by atoms with Gasteiger partial charge in [-0.2, -0.15) is 5.10 Å². The van der Waals surface area contributed by atoms with Gasteiger partial charge in [0.1, 0.15) is 10.7 Å². The van der Waals surface area contributed by atoms with E-state index in [2.05, 4.69) is 10.1 Å². The number of hydrogen-bond donors (Lipinski definition) is 1. The Labute approximate surface area is 129 Å². The summed E-state index contributed by atoms with van der Waals surface area (Å²) < 4.78 is 6.78. The van der Waals surface area contributed by atoms with Crippen molar-refractivity contribution in [2.45, 2.75) is 6.10 Å². The number of aryl methyl sites for hydroxylation is 1. The lowest BCUT2D eigenvalue weighted by atomic mass is 10.2. The molecule has 2 aromatic rings. The fraction of sp³-hybridized carbons (Fsp3) is 0.385. The average Bonchev–Trinajstić information content (AvgIpc) is 3.15. The van der Waals surface area contributed by atoms with Gasteiger partial charge in [-0.3, -0.25) is 9.48 Å². The predicted molar refractivity (Wildman–Crippen MR) is 77.6 cm³/mol. The molecule has 2 aromatic heterocycles. The summed E-state index contributed by atoms with van der Waals surface area (Å²) in [5, 5.41) is 15.4. The van der Waals surface area contributed by atoms with Crippen LogP contribution in [0, 0.1) is 0 Å². The molecule has 0 bridgehead atoms. The van der Waals surface area contributed by atoms with Crippen molar-refractivity contribution in [3.8, 4) is 10.6 Å². The van der Waals surface area contributed by atoms with Gasteiger partial charge >= 0.3 is 5.97 Å². The number of amides is 1. The maximum atomic E-state index is 12.4. The van der Waals surface area contributed by atoms with Crippen LogP contribution in [-0.4, -0.2) is 62.4 Å². The van der Waals surface area contributed by atoms with Crippen molar-refractivity contribution in [1.29, 1.82) is 0 Å². The molecule has 3 heterocycles. The van der Waals surface area contributed by atoms with Gasteiger partial charge in [-0.15, -0.1) is 11.3 Å². The number of rotatable bonds is 3. The first-order valence-corrected chi connectivity index (χ1v) is 7.51. The van der Waals surface area contributed by atoms with E-state index in [0.717, 1.165) is 5.56 Å². The summed E-state index contributed by atoms with van der Waals surface area (Å²) >= 11 is 1.36. The largest absolute Gasteiger partial charge is 0.479 e. The second kappa shape index (κ2) is 5.85. The Morgan fingerprint density at radius 2 is 2.32 bits per heavy atom. The number of hydrogen-bond acceptors (Lipinski definition) is 6. The van der Waals surface area contributed by atoms with Crippen LogP contribution in [0.4, 0.5) is 0 Å². The molecule has 1 fully saturated rings. The molecule has 1 saturated heterocycles. The van der Waals surface area contributed by atoms with Gasteiger partial charge in [0.2, 0.25) is 0 Å². The maximum absolute atomic E-state index is 12.4. The van der Waals surface area contributed by atoms with Crippen molar-refractivity contribution in [2.75, 3.05) is 19.7 Å². The number of morpholine rings is 1. The fourth-order valence-corrected chi connectivity index (χ4v) is 2.95. The van der Waals surface area contributed by atoms with Gasteiger partial charge in [-0.25, -0.2) is 9.78 Å². The van der Waals surface area contributed by atoms with Crippen LogP contribution >= 0.6 is 11.3 Å². The number of ether oxygens (including phenoxy) is 1. The van der Waals surface area contributed by atoms with Gasteiger partial charge in [0.25, 0.3) is 5.91 Å². The van der Waals surface area contributed by atoms with E-state index in [9.17, 15) is 9.59 Å². The SMILES string of the molecule is Cn1cc(-c2nc(C(=O)N3CCOC(C(=O)O)C3)cs2)cn1. The molecule has 1 N–H and O–H groups in total. The van der Waals surface area contributed by atoms with Gasteiger partial charge in [-0.05, 0) is 0 Å². The predicted octanol–water partition coefficient (Wildman–Crippen LogP) is 0.469. The number of nitrogens with zero attached hydrogens (tertiary/aromatic N) is 4. The average molecular weight is 322 g/mol. The van der Waals surface area contributed by atoms with Gasteiger partial charge in [0, 0.05) is 30.7 Å². The first kappa shape index (κ1) is 14.7. The summed E-state index contributed by atoms with van der Waals surface area (Å²) in [5.41, 5.74) is 1.16. The third-order valence-corrected chi connectivity index (χ3v) is 4.20. The summed E-state index contributed by atoms with van der Waals surface area (Å²) in [4.78, 5) is 29.2. The molecular weight excluding hydrogens is 308 g/mol. The first-order valence-electron chi connectivity index (χ1n) is 6.63. The Kier molecular flexibility index (Phi) is 3.90. The van der Waals surface area contributed by atoms with Crippen LogP contribution in [0.5, 0.6) is 0 Å². The summed E-state index contributed by atoms with van der Waals surface area (Å²) in [6.07, 6.45) is 2.53. The van der Waals surface area contributed by atoms with Gasteiger partial charge in [-0.1, -0.05) is 0 Å². The van der Waals surface area contributed by atoms with Crippen LogP contribution < -0.4 is 0 Å². The van der Waals surface area contributed by atoms with Crippen LogP contribution in [-0.2, 0) is 16.6 Å². The number of aromatic nitrogens is 3. The Morgan fingerprint density at radius 1 is 1.50 bits per heavy atom. The second-order valence-corrected chi connectivity index (χ2v) is 5.75. The van der Waals surface area contributed by atoms with Crippen molar-refractivity contribution in [3.05, 3.63) is 23.5 Å². The normalized spacial score (nSPS) is 18.4. The molecular formula is C13H14N4O4S. The number of carboxylic acids is 1. The third kappa shape index (κ3) is 2.85. The topological polar surface area (TPSA) is 97.6 Å². The fourth-order valence-electron chi connectivity index (χ4n) is 2.18. The molecule has 1 amide bonds. The number of carbonyl (C=O) groups is 2. The monoisotopic (exact) mass is 322 g/mol. The molecule has 0 aliphatic carbocycles. The van der Waals surface area contributed by atoms with E-state index in [1.807, 2.05) is 13.2 Å². The van der Waals surface area contributed by atoms with Crippen LogP contribution in [0.1, 0.15) is 10.5 Å². The highest BCUT2D eigenvalue weighted by Gasteiger charge is 2.30. The van der Waals surface area contributed by atoms with Crippen LogP contribution in [0.25, 0.3) is 10.6 Å². The number of aliphatic carboxylic acids is 1. The molecule has 22 heavy (non-hydrogen) atoms. The van der Waals surface area contributed by atoms with E-state index in [-0.39, 0.29) is 19.1 Å². The zero-order valence-electron chi connectivity index (χ0n) is 11.8. The summed E-state index contributed by atoms with van der Waals surface area (Å²) in [5.74, 6) is -1.34. The van der Waals surface area contributed by atoms with Gasteiger partial charge in [0.15, 0.2) is 6.10 Å². The first-order chi connectivity index (χ1) is 10.5. The molecule has 1 atom stereocenters. The lowest BCUT2D eigenvalue weighted by molar-refractivity contribution is -0.154. The van der Waals surface area contributed by atoms with E-state index >= 15 is 0 Å². The van der Waals surface area contributed by atoms with Crippen molar-refractivity contribution >= 4 is 23.2 Å². The standard InChI is InChI=1S/C13H14N4O4S/c1-16-5-8(4-14-16)11-15-9(7-22-11)12(18)17-2-3-21-10(6-17)13(19)20/h4-5,7,10H,2-3,6H2,1H3,(H,19,20). The highest BCUT2D eigenvalue weighted by atomic mass is 32.1. The lowest BCUT2D eigenvalue weighted by Gasteiger charge is -2.30. The Balaban J connectivity index is 1.75. The summed E-state index contributed by atoms with van der Waals surface area (Å²) in [6.45, 7) is 0.610. The molecule has 3 rings (SSSR count). The number of carboxylic acid groups (broad SMARTS) is 1. The zero-order valence-corrected chi connectivity index (χ0v) is 12.6. The number of thiazole rings is 1. The second-order valence-electron chi connectivity index (χ2n) is 4.89. The van der Waals surface area contributed by atoms with Crippen LogP contribution in [0.2, 0.25) is 0 Å². The minimum absolute atomic E-state index is 0.0356. The molecule has 1 unspecified atom stereocenters. The highest BCUT2D eigenvalue weighted by molar-refractivity contribution is 7.13. The minimum Gasteiger partial charge on any atom is -0.479 e. The molecule has 9 heteroatoms. The molecule has 116 valence electrons. The molecule has 8 nitrogen and oxygen atoms in total. The Morgan fingerprint density at radius 3 is 3.00 bits per heavy atom. The van der Waals surface area contributed by atoms with E-state index in [1.54, 1.807) is 16.3 Å². The van der Waals surface area contributed by atoms with Crippen molar-refractivity contribution in [1.82, 2.24) is 19.7 Å². The summed E-state index contributed by atoms with van der Waals surface area (Å²) in [6, 6.07) is 0. The number of carbonyl (C=O) groups excluding carboxylic acids is 1. The maximum Gasteiger partial charge on any atom is 0.334 e. The molecule has 1 aliphatic heterocycles. The van der Waals surface area contributed by atoms with E-state index < -0.39 is 12.1 Å². The van der Waals surface area contributed by atoms with Crippen molar-refractivity contribution in [3.63, 3.8) is 0 Å². The smallest absolute Gasteiger partial charge is 0.334 e. The minimum atomic E-state index is -1.06. The third-order valence-electron chi connectivity index (χ3n) is 3.30. The summed E-state index contributed by atoms with van der Waals surface area (Å²) in [7, 11) is 1.81. The molecule has 0 radical (unpaired) electrons. The van der Waals surface area contributed by atoms with E-state index in [0.29, 0.717) is 17.2 Å². The molecule has 1 aliphatic rings. The Hall–Kier alpha value is -2.26. The Bertz CT molecular complexity index is 710. The van der Waals surface area contributed by atoms with Crippen molar-refractivity contribution < 1.29 is 19.4 Å². The van der Waals surface area contributed by atoms with E-state index in [4.69, 9.17) is 9.84 Å². The van der Waals surface area contributed by atoms with Gasteiger partial charge < -0.3 is 14.7 Å². The zero-order chi connectivity index (χ0) is 15.7. The molecule has 0 saturated carbocycles. The highest BCUT2D eigenvalue weighted by Crippen LogP contribution is 2.24. The van der Waals surface area contributed by atoms with Crippen LogP contribution in [0.15, 0.2) is 17.8 Å². The van der Waals surface area contributed by atoms with Crippen molar-refractivity contribution in [2.24, 2.45) is 7.05 Å². The van der Waals surface area contributed by atoms with Crippen LogP contribution in [0.3, 0.4) is 0 Å². The quantitative estimate of drug-likeness (QED) is 0.882. The van der Waals surface area contributed by atoms with E-state index in [1.165, 1.54) is 16.2 Å². The van der Waals surface area contributed by atoms with Gasteiger partial charge in [0.05, 0.1) is 19.3 Å².